The lowest BCUT2D eigenvalue weighted by atomic mass is 10.1. The molecule has 1 saturated heterocycles. The first-order valence-electron chi connectivity index (χ1n) is 9.03. The number of hydrogen-bond donors (Lipinski definition) is 1. The smallest absolute Gasteiger partial charge is 0.216 e. The summed E-state index contributed by atoms with van der Waals surface area (Å²) in [5.74, 6) is -0.855. The summed E-state index contributed by atoms with van der Waals surface area (Å²) in [7, 11) is -3.59. The Bertz CT molecular complexity index is 816. The van der Waals surface area contributed by atoms with Crippen molar-refractivity contribution in [3.63, 3.8) is 0 Å². The Morgan fingerprint density at radius 3 is 2.27 bits per heavy atom. The first-order valence-corrected chi connectivity index (χ1v) is 10.7. The fourth-order valence-corrected chi connectivity index (χ4v) is 4.33. The zero-order valence-electron chi connectivity index (χ0n) is 14.8. The molecule has 0 bridgehead atoms. The van der Waals surface area contributed by atoms with Crippen LogP contribution in [-0.2, 0) is 28.9 Å². The molecule has 1 aliphatic rings. The van der Waals surface area contributed by atoms with Crippen LogP contribution in [0.15, 0.2) is 48.5 Å². The topological polar surface area (TPSA) is 49.4 Å². The highest BCUT2D eigenvalue weighted by atomic mass is 32.2. The molecule has 26 heavy (non-hydrogen) atoms. The fourth-order valence-electron chi connectivity index (χ4n) is 3.20. The van der Waals surface area contributed by atoms with Gasteiger partial charge in [0, 0.05) is 18.7 Å². The summed E-state index contributed by atoms with van der Waals surface area (Å²) in [4.78, 5) is 2.45. The monoisotopic (exact) mass is 376 g/mol. The third-order valence-corrected chi connectivity index (χ3v) is 5.95. The third-order valence-electron chi connectivity index (χ3n) is 4.68. The van der Waals surface area contributed by atoms with Crippen LogP contribution in [0.5, 0.6) is 0 Å². The summed E-state index contributed by atoms with van der Waals surface area (Å²) < 4.78 is 40.5. The van der Waals surface area contributed by atoms with Crippen LogP contribution in [0.1, 0.15) is 36.0 Å². The fraction of sp³-hybridized carbons (Fsp3) is 0.400. The van der Waals surface area contributed by atoms with Crippen LogP contribution in [0.4, 0.5) is 4.39 Å². The zero-order chi connectivity index (χ0) is 18.4. The maximum atomic E-state index is 13.6. The van der Waals surface area contributed by atoms with E-state index in [4.69, 9.17) is 0 Å². The molecular weight excluding hydrogens is 351 g/mol. The maximum Gasteiger partial charge on any atom is 0.216 e. The largest absolute Gasteiger partial charge is 0.299 e. The highest BCUT2D eigenvalue weighted by Gasteiger charge is 2.14. The average molecular weight is 376 g/mol. The second-order valence-corrected chi connectivity index (χ2v) is 8.63. The molecule has 1 aliphatic heterocycles. The van der Waals surface area contributed by atoms with Crippen LogP contribution in [0.25, 0.3) is 0 Å². The van der Waals surface area contributed by atoms with Gasteiger partial charge in [-0.15, -0.1) is 0 Å². The van der Waals surface area contributed by atoms with Crippen LogP contribution >= 0.6 is 0 Å². The molecule has 0 spiro atoms. The number of nitrogens with zero attached hydrogens (tertiary/aromatic N) is 1. The quantitative estimate of drug-likeness (QED) is 0.805. The van der Waals surface area contributed by atoms with E-state index in [-0.39, 0.29) is 17.9 Å². The van der Waals surface area contributed by atoms with Crippen molar-refractivity contribution >= 4 is 10.0 Å². The SMILES string of the molecule is O=S(=O)(Cc1ccccc1F)NCc1ccc(CN2CCCCC2)cc1. The van der Waals surface area contributed by atoms with Gasteiger partial charge in [-0.3, -0.25) is 4.90 Å². The molecule has 1 N–H and O–H groups in total. The van der Waals surface area contributed by atoms with Crippen LogP contribution in [0.3, 0.4) is 0 Å². The van der Waals surface area contributed by atoms with Crippen molar-refractivity contribution in [3.8, 4) is 0 Å². The number of hydrogen-bond acceptors (Lipinski definition) is 3. The molecule has 4 nitrogen and oxygen atoms in total. The van der Waals surface area contributed by atoms with E-state index < -0.39 is 15.8 Å². The molecule has 3 rings (SSSR count). The van der Waals surface area contributed by atoms with Crippen LogP contribution in [0, 0.1) is 5.82 Å². The Labute approximate surface area is 155 Å². The van der Waals surface area contributed by atoms with Crippen LogP contribution < -0.4 is 4.72 Å². The van der Waals surface area contributed by atoms with Gasteiger partial charge < -0.3 is 0 Å². The molecule has 0 saturated carbocycles. The molecule has 0 radical (unpaired) electrons. The van der Waals surface area contributed by atoms with Gasteiger partial charge in [0.1, 0.15) is 5.82 Å². The lowest BCUT2D eigenvalue weighted by Crippen LogP contribution is -2.29. The molecule has 0 aliphatic carbocycles. The summed E-state index contributed by atoms with van der Waals surface area (Å²) in [6, 6.07) is 13.9. The minimum absolute atomic E-state index is 0.178. The van der Waals surface area contributed by atoms with E-state index >= 15 is 0 Å². The molecular formula is C20H25FN2O2S. The second-order valence-electron chi connectivity index (χ2n) is 6.82. The van der Waals surface area contributed by atoms with Gasteiger partial charge in [0.15, 0.2) is 0 Å². The first kappa shape index (κ1) is 19.0. The van der Waals surface area contributed by atoms with E-state index in [1.807, 2.05) is 12.1 Å². The molecule has 0 atom stereocenters. The number of halogens is 1. The van der Waals surface area contributed by atoms with E-state index in [1.54, 1.807) is 12.1 Å². The van der Waals surface area contributed by atoms with Crippen molar-refractivity contribution < 1.29 is 12.8 Å². The molecule has 1 fully saturated rings. The Morgan fingerprint density at radius 2 is 1.58 bits per heavy atom. The van der Waals surface area contributed by atoms with E-state index in [0.29, 0.717) is 0 Å². The first-order chi connectivity index (χ1) is 12.5. The van der Waals surface area contributed by atoms with Gasteiger partial charge >= 0.3 is 0 Å². The van der Waals surface area contributed by atoms with Gasteiger partial charge in [-0.25, -0.2) is 17.5 Å². The lowest BCUT2D eigenvalue weighted by Gasteiger charge is -2.26. The molecule has 2 aromatic carbocycles. The number of nitrogens with one attached hydrogen (secondary N) is 1. The predicted octanol–water partition coefficient (Wildman–Crippen LogP) is 3.43. The Hall–Kier alpha value is -1.76. The standard InChI is InChI=1S/C20H25FN2O2S/c21-20-7-3-2-6-19(20)16-26(24,25)22-14-17-8-10-18(11-9-17)15-23-12-4-1-5-13-23/h2-3,6-11,22H,1,4-5,12-16H2. The van der Waals surface area contributed by atoms with Crippen molar-refractivity contribution in [2.75, 3.05) is 13.1 Å². The summed E-state index contributed by atoms with van der Waals surface area (Å²) >= 11 is 0. The van der Waals surface area contributed by atoms with Crippen molar-refractivity contribution in [2.45, 2.75) is 38.1 Å². The van der Waals surface area contributed by atoms with Gasteiger partial charge in [-0.2, -0.15) is 0 Å². The normalized spacial score (nSPS) is 15.9. The zero-order valence-corrected chi connectivity index (χ0v) is 15.6. The van der Waals surface area contributed by atoms with Gasteiger partial charge in [0.25, 0.3) is 0 Å². The van der Waals surface area contributed by atoms with E-state index in [2.05, 4.69) is 21.8 Å². The Balaban J connectivity index is 1.53. The van der Waals surface area contributed by atoms with E-state index in [1.165, 1.54) is 37.0 Å². The summed E-state index contributed by atoms with van der Waals surface area (Å²) in [5, 5.41) is 0. The van der Waals surface area contributed by atoms with Crippen LogP contribution in [-0.4, -0.2) is 26.4 Å². The van der Waals surface area contributed by atoms with Crippen molar-refractivity contribution in [1.82, 2.24) is 9.62 Å². The lowest BCUT2D eigenvalue weighted by molar-refractivity contribution is 0.221. The van der Waals surface area contributed by atoms with E-state index in [0.717, 1.165) is 25.2 Å². The number of rotatable bonds is 7. The molecule has 6 heteroatoms. The molecule has 0 amide bonds. The van der Waals surface area contributed by atoms with Gasteiger partial charge in [0.05, 0.1) is 5.75 Å². The van der Waals surface area contributed by atoms with Gasteiger partial charge in [-0.05, 0) is 43.1 Å². The van der Waals surface area contributed by atoms with Crippen LogP contribution in [0.2, 0.25) is 0 Å². The highest BCUT2D eigenvalue weighted by Crippen LogP contribution is 2.14. The number of likely N-dealkylation sites (tertiary alicyclic amines) is 1. The average Bonchev–Trinajstić information content (AvgIpc) is 2.64. The minimum Gasteiger partial charge on any atom is -0.299 e. The van der Waals surface area contributed by atoms with Gasteiger partial charge in [0.2, 0.25) is 10.0 Å². The Morgan fingerprint density at radius 1 is 0.923 bits per heavy atom. The number of benzene rings is 2. The minimum atomic E-state index is -3.59. The number of piperidine rings is 1. The molecule has 1 heterocycles. The highest BCUT2D eigenvalue weighted by molar-refractivity contribution is 7.88. The second kappa shape index (κ2) is 8.75. The molecule has 140 valence electrons. The predicted molar refractivity (Wildman–Crippen MR) is 101 cm³/mol. The summed E-state index contributed by atoms with van der Waals surface area (Å²) in [6.45, 7) is 3.45. The third kappa shape index (κ3) is 5.62. The summed E-state index contributed by atoms with van der Waals surface area (Å²) in [5.41, 5.74) is 2.31. The Kier molecular flexibility index (Phi) is 6.40. The maximum absolute atomic E-state index is 13.6. The molecule has 2 aromatic rings. The van der Waals surface area contributed by atoms with Crippen molar-refractivity contribution in [1.29, 1.82) is 0 Å². The van der Waals surface area contributed by atoms with Gasteiger partial charge in [-0.1, -0.05) is 48.9 Å². The summed E-state index contributed by atoms with van der Waals surface area (Å²) in [6.07, 6.45) is 3.85. The van der Waals surface area contributed by atoms with Crippen molar-refractivity contribution in [3.05, 3.63) is 71.0 Å². The van der Waals surface area contributed by atoms with E-state index in [9.17, 15) is 12.8 Å². The molecule has 0 aromatic heterocycles. The number of sulfonamides is 1. The van der Waals surface area contributed by atoms with Crippen molar-refractivity contribution in [2.24, 2.45) is 0 Å². The molecule has 0 unspecified atom stereocenters.